The fourth-order valence-corrected chi connectivity index (χ4v) is 8.41. The summed E-state index contributed by atoms with van der Waals surface area (Å²) in [5.74, 6) is 0. The van der Waals surface area contributed by atoms with E-state index in [1.54, 1.807) is 0 Å². The monoisotopic (exact) mass is 1090 g/mol. The Morgan fingerprint density at radius 3 is 0.708 bits per heavy atom. The first-order valence-corrected chi connectivity index (χ1v) is 23.1. The second-order valence-corrected chi connectivity index (χ2v) is 16.9. The van der Waals surface area contributed by atoms with Crippen molar-refractivity contribution in [1.29, 1.82) is 0 Å². The number of H-pyrrole nitrogens is 2. The van der Waals surface area contributed by atoms with Crippen LogP contribution in [0.3, 0.4) is 0 Å². The van der Waals surface area contributed by atoms with Crippen molar-refractivity contribution in [3.63, 3.8) is 0 Å². The number of aromatic amines is 2. The molecule has 0 aliphatic carbocycles. The maximum atomic E-state index is 7.50. The summed E-state index contributed by atoms with van der Waals surface area (Å²) in [6, 6.07) is 39.8. The molecule has 0 amide bonds. The van der Waals surface area contributed by atoms with Crippen molar-refractivity contribution < 1.29 is 44.9 Å². The molecule has 7 aromatic rings. The fraction of sp³-hybridized carbons (Fsp3) is 0.143. The van der Waals surface area contributed by atoms with E-state index in [-0.39, 0.29) is 34.1 Å². The summed E-state index contributed by atoms with van der Waals surface area (Å²) in [5, 5.41) is 2.64. The van der Waals surface area contributed by atoms with E-state index in [0.717, 1.165) is 116 Å². The number of nitrogens with zero attached hydrogens (tertiary/aromatic N) is 2. The Bertz CT molecular complexity index is 2740. The maximum Gasteiger partial charge on any atom is 2.00 e. The third-order valence-electron chi connectivity index (χ3n) is 10.9. The van der Waals surface area contributed by atoms with Gasteiger partial charge < -0.3 is 19.4 Å². The molecule has 72 heavy (non-hydrogen) atoms. The third-order valence-corrected chi connectivity index (χ3v) is 11.9. The number of aromatic nitrogens is 4. The number of benzene rings is 4. The van der Waals surface area contributed by atoms with Crippen LogP contribution in [0.4, 0.5) is 0 Å². The van der Waals surface area contributed by atoms with Gasteiger partial charge in [0.1, 0.15) is 0 Å². The number of fused-ring (bicyclic) bond motifs is 8. The van der Waals surface area contributed by atoms with E-state index in [1.165, 1.54) is 25.7 Å². The SMILES string of the molecule is C1CCOC1.C1CCOC1.Clc1ccc(-c2c3nc(c(-c4ccc(Cl)cc4)c4ccc([nH]4)c(-c4ccc(Cl)cc4)c4nc(c(-c5ccc(Cl)cc5)c5ccc2[nH]5)C=C4)C=C3)cc1.[Al+3].[C-]#[O+].[C-]#[O+].[C-]#[O+].[C-]#[O+].[Co+2]. The van der Waals surface area contributed by atoms with Crippen LogP contribution in [0.5, 0.6) is 0 Å². The van der Waals surface area contributed by atoms with Crippen LogP contribution in [-0.4, -0.2) is 63.7 Å². The van der Waals surface area contributed by atoms with E-state index in [4.69, 9.17) is 84.5 Å². The van der Waals surface area contributed by atoms with Crippen LogP contribution < -0.4 is 0 Å². The molecule has 4 aliphatic heterocycles. The van der Waals surface area contributed by atoms with Gasteiger partial charge in [0.2, 0.25) is 0 Å². The van der Waals surface area contributed by atoms with Crippen LogP contribution >= 0.6 is 46.4 Å². The van der Waals surface area contributed by atoms with Gasteiger partial charge in [0.15, 0.2) is 0 Å². The number of halogens is 4. The van der Waals surface area contributed by atoms with Crippen molar-refractivity contribution in [3.8, 4) is 44.5 Å². The molecule has 16 heteroatoms. The minimum Gasteiger partial charge on any atom is 2.00 e. The van der Waals surface area contributed by atoms with E-state index in [0.29, 0.717) is 20.1 Å². The maximum absolute atomic E-state index is 7.50. The molecule has 0 spiro atoms. The minimum atomic E-state index is 0. The van der Waals surface area contributed by atoms with Gasteiger partial charge in [-0.05, 0) is 145 Å². The molecule has 2 saturated heterocycles. The van der Waals surface area contributed by atoms with Gasteiger partial charge in [0, 0.05) is 90.8 Å². The molecule has 3 aromatic heterocycles. The van der Waals surface area contributed by atoms with Gasteiger partial charge >= 0.3 is 79.4 Å². The summed E-state index contributed by atoms with van der Waals surface area (Å²) in [6.07, 6.45) is 13.4. The Balaban J connectivity index is 0.000000593. The quantitative estimate of drug-likeness (QED) is 0.102. The van der Waals surface area contributed by atoms with Crippen molar-refractivity contribution in [2.24, 2.45) is 0 Å². The van der Waals surface area contributed by atoms with Gasteiger partial charge in [-0.2, -0.15) is 0 Å². The Morgan fingerprint density at radius 1 is 0.347 bits per heavy atom. The first kappa shape index (κ1) is 60.9. The second kappa shape index (κ2) is 31.9. The van der Waals surface area contributed by atoms with Crippen LogP contribution in [0.1, 0.15) is 48.5 Å². The number of hydrogen-bond donors (Lipinski definition) is 2. The van der Waals surface area contributed by atoms with Crippen molar-refractivity contribution >= 4 is 110 Å². The van der Waals surface area contributed by atoms with Gasteiger partial charge in [-0.1, -0.05) is 94.9 Å². The van der Waals surface area contributed by atoms with Gasteiger partial charge in [0.05, 0.1) is 22.8 Å². The molecule has 10 nitrogen and oxygen atoms in total. The Morgan fingerprint density at radius 2 is 0.542 bits per heavy atom. The van der Waals surface area contributed by atoms with Crippen molar-refractivity contribution in [1.82, 2.24) is 19.9 Å². The Labute approximate surface area is 459 Å². The Hall–Kier alpha value is -5.44. The molecular weight excluding hydrogens is 1050 g/mol. The van der Waals surface area contributed by atoms with Gasteiger partial charge in [0.25, 0.3) is 0 Å². The summed E-state index contributed by atoms with van der Waals surface area (Å²) < 4.78 is 39.9. The van der Waals surface area contributed by atoms with E-state index in [2.05, 4.69) is 85.1 Å². The summed E-state index contributed by atoms with van der Waals surface area (Å²) in [7, 11) is 0. The molecule has 4 aliphatic rings. The topological polar surface area (TPSA) is 155 Å². The van der Waals surface area contributed by atoms with E-state index in [9.17, 15) is 0 Å². The molecule has 2 N–H and O–H groups in total. The molecule has 357 valence electrons. The van der Waals surface area contributed by atoms with E-state index < -0.39 is 0 Å². The standard InChI is InChI=1S/C44H26Cl4N4.2C4H8O.4CO.Al.Co/c45-29-9-1-25(2-10-29)41-33-17-19-35(49-33)42(26-3-11-30(46)12-4-26)37-21-23-39(51-37)44(28-7-15-32(48)16-8-28)40-24-22-38(52-40)43(36-20-18-34(41)50-36)27-5-13-31(47)14-6-27;2*1-2-4-5-3-1;4*1-2;;/h1-24,49,52H;2*1-4H2;;;;;;/q;;;;;;;+3;+2. The molecule has 8 bridgehead atoms. The molecule has 1 radical (unpaired) electrons. The zero-order chi connectivity index (χ0) is 50.4. The third kappa shape index (κ3) is 15.8. The average molecular weight is 1090 g/mol. The van der Waals surface area contributed by atoms with Gasteiger partial charge in [-0.15, -0.1) is 0 Å². The first-order chi connectivity index (χ1) is 34.4. The van der Waals surface area contributed by atoms with Crippen LogP contribution in [-0.2, 0) is 44.9 Å². The summed E-state index contributed by atoms with van der Waals surface area (Å²) >= 11 is 25.5. The second-order valence-electron chi connectivity index (χ2n) is 15.2. The Kier molecular flexibility index (Phi) is 27.0. The van der Waals surface area contributed by atoms with Crippen LogP contribution in [0.2, 0.25) is 20.1 Å². The molecule has 4 aromatic carbocycles. The van der Waals surface area contributed by atoms with Gasteiger partial charge in [-0.3, -0.25) is 0 Å². The average Bonchev–Trinajstić information content (AvgIpc) is 4.27. The zero-order valence-corrected chi connectivity index (χ0v) is 43.5. The van der Waals surface area contributed by atoms with Crippen LogP contribution in [0.25, 0.3) is 90.9 Å². The number of hydrogen-bond acceptors (Lipinski definition) is 4. The largest absolute Gasteiger partial charge is 2.00 e. The van der Waals surface area contributed by atoms with Crippen molar-refractivity contribution in [2.75, 3.05) is 26.4 Å². The molecule has 7 heterocycles. The van der Waals surface area contributed by atoms with Crippen LogP contribution in [0, 0.1) is 26.6 Å². The van der Waals surface area contributed by atoms with Crippen molar-refractivity contribution in [2.45, 2.75) is 25.7 Å². The van der Waals surface area contributed by atoms with E-state index >= 15 is 0 Å². The zero-order valence-electron chi connectivity index (χ0n) is 38.3. The normalized spacial score (nSPS) is 12.2. The molecular formula is C56H42AlCl4CoN4O6+5. The molecule has 0 saturated carbocycles. The van der Waals surface area contributed by atoms with E-state index in [1.807, 2.05) is 97.1 Å². The first-order valence-electron chi connectivity index (χ1n) is 21.5. The predicted octanol–water partition coefficient (Wildman–Crippen LogP) is 15.0. The molecule has 0 atom stereocenters. The summed E-state index contributed by atoms with van der Waals surface area (Å²) in [6.45, 7) is 22.0. The number of rotatable bonds is 4. The molecule has 2 fully saturated rings. The predicted molar refractivity (Wildman–Crippen MR) is 282 cm³/mol. The van der Waals surface area contributed by atoms with Crippen LogP contribution in [0.15, 0.2) is 121 Å². The minimum absolute atomic E-state index is 0. The molecule has 11 rings (SSSR count). The van der Waals surface area contributed by atoms with Crippen molar-refractivity contribution in [3.05, 3.63) is 191 Å². The van der Waals surface area contributed by atoms with Gasteiger partial charge in [-0.25, -0.2) is 9.97 Å². The summed E-state index contributed by atoms with van der Waals surface area (Å²) in [5.41, 5.74) is 14.5. The molecule has 0 unspecified atom stereocenters. The summed E-state index contributed by atoms with van der Waals surface area (Å²) in [4.78, 5) is 18.1. The smallest absolute Gasteiger partial charge is 2.00 e. The number of ether oxygens (including phenoxy) is 2. The fourth-order valence-electron chi connectivity index (χ4n) is 7.91. The number of nitrogens with one attached hydrogen (secondary N) is 2.